The van der Waals surface area contributed by atoms with Crippen LogP contribution in [0.5, 0.6) is 0 Å². The quantitative estimate of drug-likeness (QED) is 0.382. The van der Waals surface area contributed by atoms with Crippen LogP contribution in [-0.2, 0) is 20.8 Å². The first-order chi connectivity index (χ1) is 17.4. The molecule has 1 N–H and O–H groups in total. The van der Waals surface area contributed by atoms with Crippen LogP contribution in [0, 0.1) is 5.82 Å². The van der Waals surface area contributed by atoms with Crippen molar-refractivity contribution < 1.29 is 18.8 Å². The number of anilines is 2. The third-order valence-electron chi connectivity index (χ3n) is 5.90. The number of benzene rings is 3. The van der Waals surface area contributed by atoms with Gasteiger partial charge in [0.1, 0.15) is 16.7 Å². The Labute approximate surface area is 216 Å². The van der Waals surface area contributed by atoms with Gasteiger partial charge in [-0.3, -0.25) is 24.2 Å². The van der Waals surface area contributed by atoms with Crippen LogP contribution in [0.15, 0.2) is 83.8 Å². The summed E-state index contributed by atoms with van der Waals surface area (Å²) >= 11 is 6.59. The largest absolute Gasteiger partial charge is 0.325 e. The van der Waals surface area contributed by atoms with Crippen molar-refractivity contribution in [3.63, 3.8) is 0 Å². The van der Waals surface area contributed by atoms with Gasteiger partial charge in [-0.25, -0.2) is 4.39 Å². The van der Waals surface area contributed by atoms with Crippen LogP contribution in [0.1, 0.15) is 11.1 Å². The molecular formula is C27H20FN3O3S2. The molecule has 0 saturated carbocycles. The Morgan fingerprint density at radius 3 is 2.33 bits per heavy atom. The molecule has 1 saturated heterocycles. The van der Waals surface area contributed by atoms with Crippen molar-refractivity contribution >= 4 is 63.0 Å². The highest BCUT2D eigenvalue weighted by Gasteiger charge is 2.42. The Hall–Kier alpha value is -3.82. The maximum Gasteiger partial charge on any atom is 0.267 e. The van der Waals surface area contributed by atoms with E-state index in [2.05, 4.69) is 5.32 Å². The third kappa shape index (κ3) is 4.67. The van der Waals surface area contributed by atoms with E-state index in [0.29, 0.717) is 34.2 Å². The van der Waals surface area contributed by atoms with E-state index < -0.39 is 17.6 Å². The lowest BCUT2D eigenvalue weighted by Gasteiger charge is -2.17. The highest BCUT2D eigenvalue weighted by Crippen LogP contribution is 2.44. The van der Waals surface area contributed by atoms with Gasteiger partial charge in [0.25, 0.3) is 11.8 Å². The number of hydrogen-bond acceptors (Lipinski definition) is 5. The number of nitrogens with zero attached hydrogens (tertiary/aromatic N) is 2. The van der Waals surface area contributed by atoms with Gasteiger partial charge in [0.15, 0.2) is 0 Å². The molecule has 3 amide bonds. The lowest BCUT2D eigenvalue weighted by Crippen LogP contribution is -2.35. The minimum Gasteiger partial charge on any atom is -0.325 e. The van der Waals surface area contributed by atoms with Crippen LogP contribution < -0.4 is 10.2 Å². The number of para-hydroxylation sites is 1. The normalized spacial score (nSPS) is 17.1. The summed E-state index contributed by atoms with van der Waals surface area (Å²) in [5.74, 6) is -1.60. The summed E-state index contributed by atoms with van der Waals surface area (Å²) in [7, 11) is 0. The second-order valence-corrected chi connectivity index (χ2v) is 9.87. The molecule has 2 aliphatic rings. The van der Waals surface area contributed by atoms with E-state index >= 15 is 0 Å². The number of thioether (sulfide) groups is 1. The highest BCUT2D eigenvalue weighted by atomic mass is 32.2. The van der Waals surface area contributed by atoms with Crippen LogP contribution in [-0.4, -0.2) is 40.0 Å². The number of halogens is 1. The van der Waals surface area contributed by atoms with Crippen LogP contribution in [0.3, 0.4) is 0 Å². The minimum atomic E-state index is -0.443. The molecule has 0 aromatic heterocycles. The van der Waals surface area contributed by atoms with E-state index in [-0.39, 0.29) is 22.9 Å². The fraction of sp³-hybridized carbons (Fsp3) is 0.111. The van der Waals surface area contributed by atoms with E-state index in [4.69, 9.17) is 12.2 Å². The molecule has 3 aromatic carbocycles. The summed E-state index contributed by atoms with van der Waals surface area (Å²) in [5.41, 5.74) is 2.88. The second kappa shape index (κ2) is 10.0. The summed E-state index contributed by atoms with van der Waals surface area (Å²) in [4.78, 5) is 42.7. The molecule has 0 aliphatic carbocycles. The summed E-state index contributed by atoms with van der Waals surface area (Å²) < 4.78 is 13.6. The third-order valence-corrected chi connectivity index (χ3v) is 7.34. The molecule has 6 nitrogen and oxygen atoms in total. The average Bonchev–Trinajstić information content (AvgIpc) is 3.31. The maximum atomic E-state index is 13.5. The topological polar surface area (TPSA) is 69.7 Å². The van der Waals surface area contributed by atoms with Crippen molar-refractivity contribution in [2.75, 3.05) is 23.3 Å². The van der Waals surface area contributed by atoms with Gasteiger partial charge < -0.3 is 5.32 Å². The average molecular weight is 518 g/mol. The van der Waals surface area contributed by atoms with Gasteiger partial charge in [-0.1, -0.05) is 72.5 Å². The second-order valence-electron chi connectivity index (χ2n) is 8.23. The zero-order valence-corrected chi connectivity index (χ0v) is 20.6. The number of rotatable bonds is 6. The predicted molar refractivity (Wildman–Crippen MR) is 143 cm³/mol. The SMILES string of the molecule is O=C(CN1C(=O)C(=C2SC(=S)N(CCc3ccccc3)C2=O)c2ccccc21)Nc1ccc(F)cc1. The monoisotopic (exact) mass is 517 g/mol. The minimum absolute atomic E-state index is 0.250. The zero-order chi connectivity index (χ0) is 25.2. The number of carbonyl (C=O) groups is 3. The molecule has 0 unspecified atom stereocenters. The Bertz CT molecular complexity index is 1410. The van der Waals surface area contributed by atoms with Gasteiger partial charge in [-0.15, -0.1) is 0 Å². The molecule has 0 radical (unpaired) electrons. The van der Waals surface area contributed by atoms with Crippen molar-refractivity contribution in [1.82, 2.24) is 4.90 Å². The molecule has 0 atom stereocenters. The first-order valence-electron chi connectivity index (χ1n) is 11.2. The zero-order valence-electron chi connectivity index (χ0n) is 18.9. The first kappa shape index (κ1) is 23.9. The molecular weight excluding hydrogens is 497 g/mol. The Morgan fingerprint density at radius 2 is 1.58 bits per heavy atom. The Morgan fingerprint density at radius 1 is 0.889 bits per heavy atom. The number of carbonyl (C=O) groups excluding carboxylic acids is 3. The predicted octanol–water partition coefficient (Wildman–Crippen LogP) is 4.63. The number of hydrogen-bond donors (Lipinski definition) is 1. The smallest absolute Gasteiger partial charge is 0.267 e. The van der Waals surface area contributed by atoms with Crippen molar-refractivity contribution in [1.29, 1.82) is 0 Å². The molecule has 5 rings (SSSR count). The number of amides is 3. The summed E-state index contributed by atoms with van der Waals surface area (Å²) in [6.45, 7) is 0.149. The molecule has 180 valence electrons. The fourth-order valence-corrected chi connectivity index (χ4v) is 5.54. The van der Waals surface area contributed by atoms with Gasteiger partial charge >= 0.3 is 0 Å². The van der Waals surface area contributed by atoms with Crippen LogP contribution in [0.25, 0.3) is 5.57 Å². The van der Waals surface area contributed by atoms with Gasteiger partial charge in [0.05, 0.1) is 16.2 Å². The fourth-order valence-electron chi connectivity index (χ4n) is 4.16. The van der Waals surface area contributed by atoms with Crippen LogP contribution >= 0.6 is 24.0 Å². The van der Waals surface area contributed by atoms with Crippen molar-refractivity contribution in [3.05, 3.63) is 101 Å². The number of thiocarbonyl (C=S) groups is 1. The molecule has 0 bridgehead atoms. The standard InChI is InChI=1S/C27H20FN3O3S2/c28-18-10-12-19(13-11-18)29-22(32)16-31-21-9-5-4-8-20(21)23(25(31)33)24-26(34)30(27(35)36-24)15-14-17-6-2-1-3-7-17/h1-13H,14-16H2,(H,29,32). The highest BCUT2D eigenvalue weighted by molar-refractivity contribution is 8.26. The Kier molecular flexibility index (Phi) is 6.67. The van der Waals surface area contributed by atoms with E-state index in [9.17, 15) is 18.8 Å². The van der Waals surface area contributed by atoms with Gasteiger partial charge in [0.2, 0.25) is 5.91 Å². The van der Waals surface area contributed by atoms with Crippen LogP contribution in [0.2, 0.25) is 0 Å². The van der Waals surface area contributed by atoms with Crippen molar-refractivity contribution in [3.8, 4) is 0 Å². The Balaban J connectivity index is 1.39. The summed E-state index contributed by atoms with van der Waals surface area (Å²) in [6.07, 6.45) is 0.635. The van der Waals surface area contributed by atoms with E-state index in [0.717, 1.165) is 17.3 Å². The summed E-state index contributed by atoms with van der Waals surface area (Å²) in [6, 6.07) is 22.2. The maximum absolute atomic E-state index is 13.5. The van der Waals surface area contributed by atoms with Gasteiger partial charge in [-0.05, 0) is 42.3 Å². The first-order valence-corrected chi connectivity index (χ1v) is 12.4. The molecule has 0 spiro atoms. The van der Waals surface area contributed by atoms with Crippen molar-refractivity contribution in [2.24, 2.45) is 0 Å². The molecule has 36 heavy (non-hydrogen) atoms. The number of fused-ring (bicyclic) bond motifs is 1. The van der Waals surface area contributed by atoms with E-state index in [1.54, 1.807) is 24.3 Å². The van der Waals surface area contributed by atoms with Crippen molar-refractivity contribution in [2.45, 2.75) is 6.42 Å². The van der Waals surface area contributed by atoms with Crippen LogP contribution in [0.4, 0.5) is 15.8 Å². The molecule has 3 aromatic rings. The molecule has 2 aliphatic heterocycles. The van der Waals surface area contributed by atoms with E-state index in [1.807, 2.05) is 30.3 Å². The molecule has 1 fully saturated rings. The molecule has 9 heteroatoms. The lowest BCUT2D eigenvalue weighted by molar-refractivity contribution is -0.122. The van der Waals surface area contributed by atoms with Gasteiger partial charge in [-0.2, -0.15) is 0 Å². The lowest BCUT2D eigenvalue weighted by atomic mass is 10.1. The van der Waals surface area contributed by atoms with Gasteiger partial charge in [0, 0.05) is 17.8 Å². The summed E-state index contributed by atoms with van der Waals surface area (Å²) in [5, 5.41) is 2.67. The molecule has 2 heterocycles. The number of nitrogens with one attached hydrogen (secondary N) is 1. The van der Waals surface area contributed by atoms with E-state index in [1.165, 1.54) is 34.1 Å².